The van der Waals surface area contributed by atoms with E-state index in [2.05, 4.69) is 9.84 Å². The maximum Gasteiger partial charge on any atom is 0.435 e. The summed E-state index contributed by atoms with van der Waals surface area (Å²) in [4.78, 5) is 10.9. The van der Waals surface area contributed by atoms with Gasteiger partial charge in [0.25, 0.3) is 0 Å². The lowest BCUT2D eigenvalue weighted by Crippen LogP contribution is -2.14. The van der Waals surface area contributed by atoms with Crippen LogP contribution in [-0.4, -0.2) is 22.9 Å². The van der Waals surface area contributed by atoms with Crippen molar-refractivity contribution in [1.29, 1.82) is 0 Å². The molecular formula is C9H11F3N2O2. The van der Waals surface area contributed by atoms with Gasteiger partial charge in [0.15, 0.2) is 5.69 Å². The Kier molecular flexibility index (Phi) is 3.56. The van der Waals surface area contributed by atoms with Gasteiger partial charge in [-0.05, 0) is 13.0 Å². The summed E-state index contributed by atoms with van der Waals surface area (Å²) < 4.78 is 42.2. The fraction of sp³-hybridized carbons (Fsp3) is 0.556. The molecule has 0 saturated heterocycles. The van der Waals surface area contributed by atoms with Gasteiger partial charge in [-0.15, -0.1) is 0 Å². The van der Waals surface area contributed by atoms with E-state index in [-0.39, 0.29) is 6.42 Å². The fourth-order valence-electron chi connectivity index (χ4n) is 1.15. The first-order chi connectivity index (χ1) is 7.34. The molecule has 0 radical (unpaired) electrons. The largest absolute Gasteiger partial charge is 0.469 e. The van der Waals surface area contributed by atoms with Gasteiger partial charge in [0.05, 0.1) is 19.6 Å². The van der Waals surface area contributed by atoms with Crippen LogP contribution in [0, 0.1) is 0 Å². The summed E-state index contributed by atoms with van der Waals surface area (Å²) >= 11 is 0. The summed E-state index contributed by atoms with van der Waals surface area (Å²) in [5, 5.41) is 3.35. The van der Waals surface area contributed by atoms with Crippen molar-refractivity contribution in [2.45, 2.75) is 25.6 Å². The van der Waals surface area contributed by atoms with Crippen LogP contribution in [0.5, 0.6) is 0 Å². The molecule has 1 unspecified atom stereocenters. The van der Waals surface area contributed by atoms with E-state index >= 15 is 0 Å². The zero-order chi connectivity index (χ0) is 12.3. The molecule has 0 bridgehead atoms. The molecule has 4 nitrogen and oxygen atoms in total. The smallest absolute Gasteiger partial charge is 0.435 e. The third-order valence-electron chi connectivity index (χ3n) is 2.04. The maximum absolute atomic E-state index is 12.2. The fourth-order valence-corrected chi connectivity index (χ4v) is 1.15. The van der Waals surface area contributed by atoms with Crippen molar-refractivity contribution in [1.82, 2.24) is 9.78 Å². The number of hydrogen-bond acceptors (Lipinski definition) is 3. The van der Waals surface area contributed by atoms with Crippen molar-refractivity contribution in [3.8, 4) is 0 Å². The zero-order valence-electron chi connectivity index (χ0n) is 8.78. The van der Waals surface area contributed by atoms with E-state index in [0.29, 0.717) is 0 Å². The molecule has 0 aromatic carbocycles. The van der Waals surface area contributed by atoms with Crippen molar-refractivity contribution in [3.05, 3.63) is 18.0 Å². The molecule has 1 heterocycles. The Bertz CT molecular complexity index is 373. The Morgan fingerprint density at radius 3 is 2.69 bits per heavy atom. The molecule has 0 aliphatic rings. The normalized spacial score (nSPS) is 13.6. The van der Waals surface area contributed by atoms with Gasteiger partial charge in [-0.3, -0.25) is 9.48 Å². The van der Waals surface area contributed by atoms with Gasteiger partial charge in [-0.2, -0.15) is 18.3 Å². The minimum absolute atomic E-state index is 0.0184. The van der Waals surface area contributed by atoms with Gasteiger partial charge in [-0.1, -0.05) is 0 Å². The maximum atomic E-state index is 12.2. The van der Waals surface area contributed by atoms with Crippen molar-refractivity contribution in [2.24, 2.45) is 0 Å². The van der Waals surface area contributed by atoms with Crippen molar-refractivity contribution < 1.29 is 22.7 Å². The predicted molar refractivity (Wildman–Crippen MR) is 48.6 cm³/mol. The van der Waals surface area contributed by atoms with E-state index in [1.807, 2.05) is 0 Å². The molecule has 0 aliphatic carbocycles. The lowest BCUT2D eigenvalue weighted by molar-refractivity contribution is -0.141. The van der Waals surface area contributed by atoms with Gasteiger partial charge >= 0.3 is 12.1 Å². The number of halogens is 3. The van der Waals surface area contributed by atoms with Gasteiger partial charge in [0, 0.05) is 6.20 Å². The molecule has 0 amide bonds. The summed E-state index contributed by atoms with van der Waals surface area (Å²) in [6, 6.07) is 0.400. The van der Waals surface area contributed by atoms with E-state index in [0.717, 1.165) is 10.7 Å². The number of carbonyl (C=O) groups is 1. The number of carbonyl (C=O) groups excluding carboxylic acids is 1. The Hall–Kier alpha value is -1.53. The topological polar surface area (TPSA) is 44.1 Å². The van der Waals surface area contributed by atoms with Crippen LogP contribution in [0.15, 0.2) is 12.3 Å². The minimum atomic E-state index is -4.46. The number of hydrogen-bond donors (Lipinski definition) is 0. The molecule has 1 rings (SSSR count). The number of rotatable bonds is 3. The summed E-state index contributed by atoms with van der Waals surface area (Å²) in [6.45, 7) is 1.59. The average molecular weight is 236 g/mol. The molecule has 7 heteroatoms. The van der Waals surface area contributed by atoms with E-state index in [1.165, 1.54) is 13.3 Å². The predicted octanol–water partition coefficient (Wildman–Crippen LogP) is 2.03. The van der Waals surface area contributed by atoms with E-state index < -0.39 is 23.9 Å². The first-order valence-corrected chi connectivity index (χ1v) is 4.53. The minimum Gasteiger partial charge on any atom is -0.469 e. The number of ether oxygens (including phenoxy) is 1. The molecule has 90 valence electrons. The van der Waals surface area contributed by atoms with Crippen LogP contribution in [0.25, 0.3) is 0 Å². The summed E-state index contributed by atoms with van der Waals surface area (Å²) in [5.74, 6) is -0.489. The van der Waals surface area contributed by atoms with Crippen LogP contribution >= 0.6 is 0 Å². The van der Waals surface area contributed by atoms with E-state index in [4.69, 9.17) is 0 Å². The highest BCUT2D eigenvalue weighted by Crippen LogP contribution is 2.28. The van der Waals surface area contributed by atoms with Crippen LogP contribution in [-0.2, 0) is 15.7 Å². The summed E-state index contributed by atoms with van der Waals surface area (Å²) in [7, 11) is 1.22. The van der Waals surface area contributed by atoms with Crippen LogP contribution in [0.3, 0.4) is 0 Å². The molecular weight excluding hydrogens is 225 g/mol. The molecule has 1 atom stereocenters. The third kappa shape index (κ3) is 2.98. The Morgan fingerprint density at radius 1 is 1.62 bits per heavy atom. The van der Waals surface area contributed by atoms with Crippen molar-refractivity contribution in [2.75, 3.05) is 7.11 Å². The highest BCUT2D eigenvalue weighted by atomic mass is 19.4. The third-order valence-corrected chi connectivity index (χ3v) is 2.04. The molecule has 0 spiro atoms. The Morgan fingerprint density at radius 2 is 2.25 bits per heavy atom. The Labute approximate surface area is 90.0 Å². The molecule has 0 fully saturated rings. The quantitative estimate of drug-likeness (QED) is 0.754. The van der Waals surface area contributed by atoms with E-state index in [9.17, 15) is 18.0 Å². The second-order valence-electron chi connectivity index (χ2n) is 3.31. The number of nitrogens with zero attached hydrogens (tertiary/aromatic N) is 2. The molecule has 1 aromatic heterocycles. The van der Waals surface area contributed by atoms with Crippen molar-refractivity contribution >= 4 is 5.97 Å². The van der Waals surface area contributed by atoms with Crippen LogP contribution in [0.1, 0.15) is 25.1 Å². The SMILES string of the molecule is COC(=O)CC(C)n1ccc(C(F)(F)F)n1. The first-order valence-electron chi connectivity index (χ1n) is 4.53. The number of esters is 1. The molecule has 0 saturated carbocycles. The molecule has 1 aromatic rings. The molecule has 0 aliphatic heterocycles. The highest BCUT2D eigenvalue weighted by Gasteiger charge is 2.33. The lowest BCUT2D eigenvalue weighted by atomic mass is 10.2. The highest BCUT2D eigenvalue weighted by molar-refractivity contribution is 5.69. The standard InChI is InChI=1S/C9H11F3N2O2/c1-6(5-8(15)16-2)14-4-3-7(13-14)9(10,11)12/h3-4,6H,5H2,1-2H3. The van der Waals surface area contributed by atoms with Gasteiger partial charge in [0.2, 0.25) is 0 Å². The van der Waals surface area contributed by atoms with Gasteiger partial charge in [0.1, 0.15) is 0 Å². The monoisotopic (exact) mass is 236 g/mol. The van der Waals surface area contributed by atoms with Crippen LogP contribution in [0.4, 0.5) is 13.2 Å². The molecule has 16 heavy (non-hydrogen) atoms. The second-order valence-corrected chi connectivity index (χ2v) is 3.31. The average Bonchev–Trinajstić information content (AvgIpc) is 2.65. The number of methoxy groups -OCH3 is 1. The van der Waals surface area contributed by atoms with Crippen molar-refractivity contribution in [3.63, 3.8) is 0 Å². The zero-order valence-corrected chi connectivity index (χ0v) is 8.78. The van der Waals surface area contributed by atoms with E-state index in [1.54, 1.807) is 6.92 Å². The summed E-state index contributed by atoms with van der Waals surface area (Å²) in [5.41, 5.74) is -0.968. The van der Waals surface area contributed by atoms with Gasteiger partial charge < -0.3 is 4.74 Å². The second kappa shape index (κ2) is 4.54. The van der Waals surface area contributed by atoms with Gasteiger partial charge in [-0.25, -0.2) is 0 Å². The van der Waals surface area contributed by atoms with Crippen LogP contribution in [0.2, 0.25) is 0 Å². The Balaban J connectivity index is 2.74. The van der Waals surface area contributed by atoms with Crippen LogP contribution < -0.4 is 0 Å². The first kappa shape index (κ1) is 12.5. The summed E-state index contributed by atoms with van der Waals surface area (Å²) in [6.07, 6.45) is -3.29. The number of aromatic nitrogens is 2. The molecule has 0 N–H and O–H groups in total. The lowest BCUT2D eigenvalue weighted by Gasteiger charge is -2.10. The number of alkyl halides is 3.